The van der Waals surface area contributed by atoms with Gasteiger partial charge in [-0.1, -0.05) is 18.2 Å². The Bertz CT molecular complexity index is 728. The second kappa shape index (κ2) is 8.10. The summed E-state index contributed by atoms with van der Waals surface area (Å²) in [6, 6.07) is 11.1. The Labute approximate surface area is 139 Å². The van der Waals surface area contributed by atoms with Crippen LogP contribution in [0.2, 0.25) is 0 Å². The van der Waals surface area contributed by atoms with Crippen molar-refractivity contribution in [2.75, 3.05) is 7.11 Å². The van der Waals surface area contributed by atoms with Gasteiger partial charge in [0, 0.05) is 13.5 Å². The van der Waals surface area contributed by atoms with Crippen LogP contribution in [-0.4, -0.2) is 19.0 Å². The van der Waals surface area contributed by atoms with Gasteiger partial charge in [0.1, 0.15) is 6.61 Å². The Morgan fingerprint density at radius 2 is 1.75 bits per heavy atom. The average molecular weight is 331 g/mol. The fourth-order valence-corrected chi connectivity index (χ4v) is 2.02. The van der Waals surface area contributed by atoms with Gasteiger partial charge in [-0.15, -0.1) is 0 Å². The number of esters is 1. The van der Waals surface area contributed by atoms with E-state index < -0.39 is 11.8 Å². The topological polar surface area (TPSA) is 64.6 Å². The predicted molar refractivity (Wildman–Crippen MR) is 86.0 cm³/mol. The van der Waals surface area contributed by atoms with Crippen LogP contribution in [0.3, 0.4) is 0 Å². The molecule has 0 spiro atoms. The van der Waals surface area contributed by atoms with Crippen molar-refractivity contribution in [3.63, 3.8) is 0 Å². The Kier molecular flexibility index (Phi) is 5.89. The number of methoxy groups -OCH3 is 1. The lowest BCUT2D eigenvalue weighted by Crippen LogP contribution is -2.18. The molecule has 2 aromatic carbocycles. The molecule has 0 saturated carbocycles. The summed E-state index contributed by atoms with van der Waals surface area (Å²) in [5.74, 6) is -0.990. The van der Waals surface area contributed by atoms with Gasteiger partial charge in [-0.25, -0.2) is 9.18 Å². The normalized spacial score (nSPS) is 10.1. The summed E-state index contributed by atoms with van der Waals surface area (Å²) in [7, 11) is 1.38. The Balaban J connectivity index is 1.92. The van der Waals surface area contributed by atoms with Gasteiger partial charge in [-0.3, -0.25) is 4.79 Å². The van der Waals surface area contributed by atoms with Crippen molar-refractivity contribution in [1.82, 2.24) is 5.32 Å². The molecular formula is C18H18FNO4. The first kappa shape index (κ1) is 17.5. The van der Waals surface area contributed by atoms with Crippen LogP contribution >= 0.6 is 0 Å². The van der Waals surface area contributed by atoms with Crippen LogP contribution in [0.4, 0.5) is 4.39 Å². The minimum absolute atomic E-state index is 0.0343. The minimum Gasteiger partial charge on any atom is -0.494 e. The Hall–Kier alpha value is -2.89. The standard InChI is InChI=1S/C18H18FNO4/c1-12(21)20-10-13-3-6-15(7-4-13)18(22)24-11-14-5-8-17(23-2)16(19)9-14/h3-9H,10-11H2,1-2H3,(H,20,21). The molecule has 2 aromatic rings. The van der Waals surface area contributed by atoms with Crippen molar-refractivity contribution < 1.29 is 23.5 Å². The van der Waals surface area contributed by atoms with Gasteiger partial charge in [-0.05, 0) is 35.4 Å². The molecule has 24 heavy (non-hydrogen) atoms. The zero-order valence-corrected chi connectivity index (χ0v) is 13.5. The quantitative estimate of drug-likeness (QED) is 0.827. The van der Waals surface area contributed by atoms with Crippen LogP contribution in [0.5, 0.6) is 5.75 Å². The molecule has 0 saturated heterocycles. The summed E-state index contributed by atoms with van der Waals surface area (Å²) in [6.45, 7) is 1.80. The van der Waals surface area contributed by atoms with E-state index in [1.54, 1.807) is 30.3 Å². The van der Waals surface area contributed by atoms with Crippen LogP contribution in [0.15, 0.2) is 42.5 Å². The minimum atomic E-state index is -0.506. The van der Waals surface area contributed by atoms with E-state index >= 15 is 0 Å². The zero-order chi connectivity index (χ0) is 17.5. The fourth-order valence-electron chi connectivity index (χ4n) is 2.02. The fraction of sp³-hybridized carbons (Fsp3) is 0.222. The third kappa shape index (κ3) is 4.81. The van der Waals surface area contributed by atoms with Crippen molar-refractivity contribution in [1.29, 1.82) is 0 Å². The first-order valence-electron chi connectivity index (χ1n) is 7.32. The van der Waals surface area contributed by atoms with E-state index in [1.165, 1.54) is 26.2 Å². The highest BCUT2D eigenvalue weighted by Crippen LogP contribution is 2.18. The summed E-state index contributed by atoms with van der Waals surface area (Å²) >= 11 is 0. The van der Waals surface area contributed by atoms with Gasteiger partial charge in [0.2, 0.25) is 5.91 Å². The first-order valence-corrected chi connectivity index (χ1v) is 7.32. The SMILES string of the molecule is COc1ccc(COC(=O)c2ccc(CNC(C)=O)cc2)cc1F. The first-order chi connectivity index (χ1) is 11.5. The van der Waals surface area contributed by atoms with Crippen LogP contribution in [0.25, 0.3) is 0 Å². The third-order valence-corrected chi connectivity index (χ3v) is 3.32. The lowest BCUT2D eigenvalue weighted by Gasteiger charge is -2.08. The van der Waals surface area contributed by atoms with Gasteiger partial charge >= 0.3 is 5.97 Å². The van der Waals surface area contributed by atoms with E-state index in [2.05, 4.69) is 5.32 Å². The molecule has 1 amide bonds. The Morgan fingerprint density at radius 1 is 1.08 bits per heavy atom. The van der Waals surface area contributed by atoms with Crippen LogP contribution in [0, 0.1) is 5.82 Å². The van der Waals surface area contributed by atoms with E-state index in [1.807, 2.05) is 0 Å². The number of carbonyl (C=O) groups is 2. The van der Waals surface area contributed by atoms with Crippen molar-refractivity contribution >= 4 is 11.9 Å². The number of rotatable bonds is 6. The molecule has 1 N–H and O–H groups in total. The molecule has 6 heteroatoms. The summed E-state index contributed by atoms with van der Waals surface area (Å²) in [6.07, 6.45) is 0. The van der Waals surface area contributed by atoms with E-state index in [0.717, 1.165) is 5.56 Å². The number of amides is 1. The monoisotopic (exact) mass is 331 g/mol. The Morgan fingerprint density at radius 3 is 2.33 bits per heavy atom. The molecule has 0 atom stereocenters. The van der Waals surface area contributed by atoms with E-state index in [4.69, 9.17) is 9.47 Å². The number of nitrogens with one attached hydrogen (secondary N) is 1. The van der Waals surface area contributed by atoms with Crippen molar-refractivity contribution in [3.05, 3.63) is 65.0 Å². The average Bonchev–Trinajstić information content (AvgIpc) is 2.58. The van der Waals surface area contributed by atoms with Gasteiger partial charge in [0.25, 0.3) is 0 Å². The molecule has 0 aliphatic carbocycles. The maximum absolute atomic E-state index is 13.6. The molecule has 126 valence electrons. The van der Waals surface area contributed by atoms with Crippen molar-refractivity contribution in [3.8, 4) is 5.75 Å². The summed E-state index contributed by atoms with van der Waals surface area (Å²) in [5.41, 5.74) is 1.79. The lowest BCUT2D eigenvalue weighted by atomic mass is 10.1. The number of carbonyl (C=O) groups excluding carboxylic acids is 2. The molecule has 0 bridgehead atoms. The van der Waals surface area contributed by atoms with E-state index in [0.29, 0.717) is 17.7 Å². The summed E-state index contributed by atoms with van der Waals surface area (Å²) in [5, 5.41) is 2.67. The summed E-state index contributed by atoms with van der Waals surface area (Å²) in [4.78, 5) is 22.8. The van der Waals surface area contributed by atoms with E-state index in [-0.39, 0.29) is 18.3 Å². The molecule has 0 heterocycles. The second-order valence-corrected chi connectivity index (χ2v) is 5.15. The molecule has 0 unspecified atom stereocenters. The highest BCUT2D eigenvalue weighted by Gasteiger charge is 2.09. The molecule has 0 aliphatic heterocycles. The van der Waals surface area contributed by atoms with Crippen molar-refractivity contribution in [2.45, 2.75) is 20.1 Å². The number of halogens is 1. The van der Waals surface area contributed by atoms with Crippen LogP contribution in [-0.2, 0) is 22.7 Å². The smallest absolute Gasteiger partial charge is 0.338 e. The molecule has 5 nitrogen and oxygen atoms in total. The zero-order valence-electron chi connectivity index (χ0n) is 13.5. The number of hydrogen-bond donors (Lipinski definition) is 1. The number of hydrogen-bond acceptors (Lipinski definition) is 4. The molecule has 2 rings (SSSR count). The predicted octanol–water partition coefficient (Wildman–Crippen LogP) is 2.83. The van der Waals surface area contributed by atoms with E-state index in [9.17, 15) is 14.0 Å². The maximum atomic E-state index is 13.6. The van der Waals surface area contributed by atoms with Gasteiger partial charge in [-0.2, -0.15) is 0 Å². The van der Waals surface area contributed by atoms with Crippen molar-refractivity contribution in [2.24, 2.45) is 0 Å². The largest absolute Gasteiger partial charge is 0.494 e. The van der Waals surface area contributed by atoms with Crippen LogP contribution < -0.4 is 10.1 Å². The highest BCUT2D eigenvalue weighted by atomic mass is 19.1. The second-order valence-electron chi connectivity index (χ2n) is 5.15. The van der Waals surface area contributed by atoms with Gasteiger partial charge in [0.15, 0.2) is 11.6 Å². The molecule has 0 aromatic heterocycles. The number of benzene rings is 2. The molecule has 0 radical (unpaired) electrons. The van der Waals surface area contributed by atoms with Gasteiger partial charge < -0.3 is 14.8 Å². The maximum Gasteiger partial charge on any atom is 0.338 e. The summed E-state index contributed by atoms with van der Waals surface area (Å²) < 4.78 is 23.6. The molecular weight excluding hydrogens is 313 g/mol. The molecule has 0 fully saturated rings. The molecule has 0 aliphatic rings. The van der Waals surface area contributed by atoms with Gasteiger partial charge in [0.05, 0.1) is 12.7 Å². The van der Waals surface area contributed by atoms with Crippen LogP contribution in [0.1, 0.15) is 28.4 Å². The number of ether oxygens (including phenoxy) is 2. The highest BCUT2D eigenvalue weighted by molar-refractivity contribution is 5.89. The lowest BCUT2D eigenvalue weighted by molar-refractivity contribution is -0.119. The third-order valence-electron chi connectivity index (χ3n) is 3.32.